The molecular weight excluding hydrogens is 210 g/mol. The van der Waals surface area contributed by atoms with E-state index in [2.05, 4.69) is 28.4 Å². The summed E-state index contributed by atoms with van der Waals surface area (Å²) < 4.78 is 5.16. The highest BCUT2D eigenvalue weighted by Crippen LogP contribution is 2.25. The van der Waals surface area contributed by atoms with E-state index < -0.39 is 0 Å². The first-order chi connectivity index (χ1) is 7.20. The largest absolute Gasteiger partial charge is 0.337 e. The molecule has 0 saturated carbocycles. The first-order valence-electron chi connectivity index (χ1n) is 4.78. The van der Waals surface area contributed by atoms with Crippen LogP contribution in [-0.4, -0.2) is 17.2 Å². The van der Waals surface area contributed by atoms with Gasteiger partial charge in [-0.3, -0.25) is 0 Å². The van der Waals surface area contributed by atoms with Gasteiger partial charge in [-0.05, 0) is 33.0 Å². The molecule has 1 N–H and O–H groups in total. The van der Waals surface area contributed by atoms with Crippen molar-refractivity contribution in [3.05, 3.63) is 22.9 Å². The molecule has 2 heterocycles. The van der Waals surface area contributed by atoms with Crippen molar-refractivity contribution < 1.29 is 4.52 Å². The normalized spacial score (nSPS) is 13.0. The van der Waals surface area contributed by atoms with Crippen LogP contribution in [0.2, 0.25) is 0 Å². The third-order valence-corrected chi connectivity index (χ3v) is 3.20. The fourth-order valence-corrected chi connectivity index (χ4v) is 1.98. The molecule has 0 bridgehead atoms. The van der Waals surface area contributed by atoms with Crippen molar-refractivity contribution >= 4 is 11.3 Å². The molecule has 4 nitrogen and oxygen atoms in total. The van der Waals surface area contributed by atoms with E-state index in [-0.39, 0.29) is 6.04 Å². The maximum absolute atomic E-state index is 5.16. The topological polar surface area (TPSA) is 51.0 Å². The second kappa shape index (κ2) is 4.12. The fraction of sp³-hybridized carbons (Fsp3) is 0.400. The highest BCUT2D eigenvalue weighted by molar-refractivity contribution is 7.15. The summed E-state index contributed by atoms with van der Waals surface area (Å²) in [7, 11) is 1.86. The Kier molecular flexibility index (Phi) is 2.83. The smallest absolute Gasteiger partial charge is 0.243 e. The average Bonchev–Trinajstić information content (AvgIpc) is 2.84. The molecule has 1 atom stereocenters. The van der Waals surface area contributed by atoms with E-state index in [0.29, 0.717) is 11.7 Å². The number of aromatic nitrogens is 2. The zero-order valence-corrected chi connectivity index (χ0v) is 9.76. The van der Waals surface area contributed by atoms with Crippen molar-refractivity contribution in [3.63, 3.8) is 0 Å². The van der Waals surface area contributed by atoms with Gasteiger partial charge in [0.2, 0.25) is 11.7 Å². The first kappa shape index (κ1) is 10.3. The molecule has 2 aromatic heterocycles. The van der Waals surface area contributed by atoms with Gasteiger partial charge in [-0.2, -0.15) is 4.98 Å². The van der Waals surface area contributed by atoms with Crippen LogP contribution in [0.4, 0.5) is 0 Å². The molecular formula is C10H13N3OS. The summed E-state index contributed by atoms with van der Waals surface area (Å²) in [6.07, 6.45) is 0. The molecule has 0 aliphatic heterocycles. The molecule has 1 unspecified atom stereocenters. The lowest BCUT2D eigenvalue weighted by Gasteiger charge is -2.01. The Labute approximate surface area is 92.3 Å². The van der Waals surface area contributed by atoms with Crippen molar-refractivity contribution in [1.82, 2.24) is 15.5 Å². The molecule has 0 aliphatic carbocycles. The molecule has 0 aliphatic rings. The molecule has 15 heavy (non-hydrogen) atoms. The molecule has 2 rings (SSSR count). The Morgan fingerprint density at radius 3 is 2.87 bits per heavy atom. The predicted octanol–water partition coefficient (Wildman–Crippen LogP) is 2.39. The Morgan fingerprint density at radius 1 is 1.47 bits per heavy atom. The van der Waals surface area contributed by atoms with Crippen molar-refractivity contribution in [2.24, 2.45) is 0 Å². The molecule has 0 aromatic carbocycles. The van der Waals surface area contributed by atoms with E-state index in [1.807, 2.05) is 20.0 Å². The van der Waals surface area contributed by atoms with Crippen molar-refractivity contribution in [3.8, 4) is 10.7 Å². The molecule has 5 heteroatoms. The van der Waals surface area contributed by atoms with Crippen LogP contribution in [0.25, 0.3) is 10.7 Å². The van der Waals surface area contributed by atoms with Crippen LogP contribution in [0.3, 0.4) is 0 Å². The van der Waals surface area contributed by atoms with Crippen LogP contribution < -0.4 is 5.32 Å². The molecule has 2 aromatic rings. The van der Waals surface area contributed by atoms with E-state index in [4.69, 9.17) is 4.52 Å². The van der Waals surface area contributed by atoms with Gasteiger partial charge in [-0.15, -0.1) is 11.3 Å². The number of rotatable bonds is 3. The zero-order chi connectivity index (χ0) is 10.8. The number of nitrogens with zero attached hydrogens (tertiary/aromatic N) is 2. The SMILES string of the molecule is CNC(C)c1nc(-c2ccc(C)s2)no1. The summed E-state index contributed by atoms with van der Waals surface area (Å²) in [6.45, 7) is 4.04. The third-order valence-electron chi connectivity index (χ3n) is 2.21. The lowest BCUT2D eigenvalue weighted by Crippen LogP contribution is -2.12. The third kappa shape index (κ3) is 2.08. The molecule has 0 spiro atoms. The van der Waals surface area contributed by atoms with Gasteiger partial charge in [0, 0.05) is 4.88 Å². The van der Waals surface area contributed by atoms with Crippen molar-refractivity contribution in [1.29, 1.82) is 0 Å². The van der Waals surface area contributed by atoms with Gasteiger partial charge in [0.05, 0.1) is 10.9 Å². The molecule has 0 amide bonds. The lowest BCUT2D eigenvalue weighted by atomic mass is 10.3. The van der Waals surface area contributed by atoms with Crippen LogP contribution in [0.5, 0.6) is 0 Å². The van der Waals surface area contributed by atoms with E-state index in [0.717, 1.165) is 4.88 Å². The Hall–Kier alpha value is -1.20. The summed E-state index contributed by atoms with van der Waals surface area (Å²) >= 11 is 1.67. The first-order valence-corrected chi connectivity index (χ1v) is 5.60. The standard InChI is InChI=1S/C10H13N3OS/c1-6-4-5-8(15-6)9-12-10(14-13-9)7(2)11-3/h4-5,7,11H,1-3H3. The minimum absolute atomic E-state index is 0.0901. The van der Waals surface area contributed by atoms with Gasteiger partial charge in [0.25, 0.3) is 0 Å². The molecule has 0 fully saturated rings. The summed E-state index contributed by atoms with van der Waals surface area (Å²) in [6, 6.07) is 4.16. The second-order valence-electron chi connectivity index (χ2n) is 3.38. The van der Waals surface area contributed by atoms with Crippen LogP contribution in [0, 0.1) is 6.92 Å². The van der Waals surface area contributed by atoms with Gasteiger partial charge < -0.3 is 9.84 Å². The Balaban J connectivity index is 2.27. The van der Waals surface area contributed by atoms with Crippen LogP contribution >= 0.6 is 11.3 Å². The van der Waals surface area contributed by atoms with E-state index >= 15 is 0 Å². The molecule has 0 radical (unpaired) electrons. The van der Waals surface area contributed by atoms with Crippen LogP contribution in [0.1, 0.15) is 23.7 Å². The van der Waals surface area contributed by atoms with E-state index in [1.165, 1.54) is 4.88 Å². The van der Waals surface area contributed by atoms with E-state index in [9.17, 15) is 0 Å². The number of aryl methyl sites for hydroxylation is 1. The average molecular weight is 223 g/mol. The van der Waals surface area contributed by atoms with Crippen LogP contribution in [0.15, 0.2) is 16.7 Å². The summed E-state index contributed by atoms with van der Waals surface area (Å²) in [5.74, 6) is 1.30. The summed E-state index contributed by atoms with van der Waals surface area (Å²) in [5, 5.41) is 7.01. The summed E-state index contributed by atoms with van der Waals surface area (Å²) in [5.41, 5.74) is 0. The monoisotopic (exact) mass is 223 g/mol. The summed E-state index contributed by atoms with van der Waals surface area (Å²) in [4.78, 5) is 6.63. The van der Waals surface area contributed by atoms with Gasteiger partial charge in [-0.1, -0.05) is 5.16 Å². The van der Waals surface area contributed by atoms with Gasteiger partial charge in [-0.25, -0.2) is 0 Å². The highest BCUT2D eigenvalue weighted by Gasteiger charge is 2.14. The molecule has 0 saturated heterocycles. The predicted molar refractivity (Wildman–Crippen MR) is 59.8 cm³/mol. The number of hydrogen-bond acceptors (Lipinski definition) is 5. The number of nitrogens with one attached hydrogen (secondary N) is 1. The van der Waals surface area contributed by atoms with Crippen LogP contribution in [-0.2, 0) is 0 Å². The van der Waals surface area contributed by atoms with Gasteiger partial charge >= 0.3 is 0 Å². The number of thiophene rings is 1. The van der Waals surface area contributed by atoms with Gasteiger partial charge in [0.15, 0.2) is 0 Å². The Morgan fingerprint density at radius 2 is 2.27 bits per heavy atom. The second-order valence-corrected chi connectivity index (χ2v) is 4.66. The maximum Gasteiger partial charge on any atom is 0.243 e. The van der Waals surface area contributed by atoms with Gasteiger partial charge in [0.1, 0.15) is 0 Å². The highest BCUT2D eigenvalue weighted by atomic mass is 32.1. The number of hydrogen-bond donors (Lipinski definition) is 1. The zero-order valence-electron chi connectivity index (χ0n) is 8.94. The van der Waals surface area contributed by atoms with Crippen molar-refractivity contribution in [2.45, 2.75) is 19.9 Å². The molecule has 80 valence electrons. The lowest BCUT2D eigenvalue weighted by molar-refractivity contribution is 0.347. The van der Waals surface area contributed by atoms with Crippen molar-refractivity contribution in [2.75, 3.05) is 7.05 Å². The Bertz CT molecular complexity index is 449. The maximum atomic E-state index is 5.16. The minimum Gasteiger partial charge on any atom is -0.337 e. The quantitative estimate of drug-likeness (QED) is 0.868. The fourth-order valence-electron chi connectivity index (χ4n) is 1.19. The van der Waals surface area contributed by atoms with E-state index in [1.54, 1.807) is 11.3 Å². The minimum atomic E-state index is 0.0901.